The van der Waals surface area contributed by atoms with Gasteiger partial charge in [-0.25, -0.2) is 0 Å². The number of aromatic hydroxyl groups is 1. The van der Waals surface area contributed by atoms with E-state index in [0.29, 0.717) is 5.56 Å². The standard InChI is InChI=1S/C16H13N3O/c1-10-15(9-17)16(19(2)18-10)13-4-3-12-8-14(20)6-5-11(12)7-13/h3-8,20H,1-2H3. The number of nitrogens with zero attached hydrogens (tertiary/aromatic N) is 3. The molecule has 0 saturated carbocycles. The summed E-state index contributed by atoms with van der Waals surface area (Å²) < 4.78 is 1.73. The molecule has 0 atom stereocenters. The zero-order valence-electron chi connectivity index (χ0n) is 11.3. The van der Waals surface area contributed by atoms with Gasteiger partial charge in [-0.2, -0.15) is 10.4 Å². The minimum absolute atomic E-state index is 0.249. The van der Waals surface area contributed by atoms with Gasteiger partial charge in [0.2, 0.25) is 0 Å². The van der Waals surface area contributed by atoms with Gasteiger partial charge >= 0.3 is 0 Å². The van der Waals surface area contributed by atoms with Crippen LogP contribution in [0.5, 0.6) is 5.75 Å². The van der Waals surface area contributed by atoms with E-state index in [-0.39, 0.29) is 5.75 Å². The fraction of sp³-hybridized carbons (Fsp3) is 0.125. The van der Waals surface area contributed by atoms with Crippen molar-refractivity contribution in [2.75, 3.05) is 0 Å². The van der Waals surface area contributed by atoms with Gasteiger partial charge in [-0.15, -0.1) is 0 Å². The number of aromatic nitrogens is 2. The number of rotatable bonds is 1. The summed E-state index contributed by atoms with van der Waals surface area (Å²) in [6.45, 7) is 1.83. The predicted octanol–water partition coefficient (Wildman–Crippen LogP) is 3.13. The van der Waals surface area contributed by atoms with Gasteiger partial charge in [0, 0.05) is 12.6 Å². The van der Waals surface area contributed by atoms with Gasteiger partial charge in [0.25, 0.3) is 0 Å². The van der Waals surface area contributed by atoms with E-state index in [1.807, 2.05) is 38.2 Å². The van der Waals surface area contributed by atoms with Gasteiger partial charge in [-0.1, -0.05) is 18.2 Å². The zero-order chi connectivity index (χ0) is 14.3. The molecule has 0 unspecified atom stereocenters. The molecule has 20 heavy (non-hydrogen) atoms. The van der Waals surface area contributed by atoms with Crippen molar-refractivity contribution < 1.29 is 5.11 Å². The molecule has 0 aliphatic rings. The second-order valence-electron chi connectivity index (χ2n) is 4.79. The van der Waals surface area contributed by atoms with Crippen LogP contribution in [0.2, 0.25) is 0 Å². The fourth-order valence-electron chi connectivity index (χ4n) is 2.50. The normalized spacial score (nSPS) is 10.7. The number of phenolic OH excluding ortho intramolecular Hbond substituents is 1. The van der Waals surface area contributed by atoms with Crippen LogP contribution in [0.1, 0.15) is 11.3 Å². The first kappa shape index (κ1) is 12.2. The number of aryl methyl sites for hydroxylation is 2. The maximum atomic E-state index is 9.49. The van der Waals surface area contributed by atoms with E-state index < -0.39 is 0 Å². The molecule has 3 rings (SSSR count). The lowest BCUT2D eigenvalue weighted by Crippen LogP contribution is -1.94. The van der Waals surface area contributed by atoms with Crippen molar-refractivity contribution >= 4 is 10.8 Å². The summed E-state index contributed by atoms with van der Waals surface area (Å²) in [6.07, 6.45) is 0. The lowest BCUT2D eigenvalue weighted by atomic mass is 10.0. The minimum atomic E-state index is 0.249. The Balaban J connectivity index is 2.26. The largest absolute Gasteiger partial charge is 0.508 e. The number of nitriles is 1. The SMILES string of the molecule is Cc1nn(C)c(-c2ccc3cc(O)ccc3c2)c1C#N. The van der Waals surface area contributed by atoms with Crippen LogP contribution in [0.3, 0.4) is 0 Å². The van der Waals surface area contributed by atoms with Gasteiger partial charge in [-0.3, -0.25) is 4.68 Å². The Bertz CT molecular complexity index is 856. The van der Waals surface area contributed by atoms with E-state index in [0.717, 1.165) is 27.7 Å². The highest BCUT2D eigenvalue weighted by Gasteiger charge is 2.14. The van der Waals surface area contributed by atoms with E-state index in [1.165, 1.54) is 0 Å². The Morgan fingerprint density at radius 3 is 2.60 bits per heavy atom. The van der Waals surface area contributed by atoms with Crippen molar-refractivity contribution in [3.63, 3.8) is 0 Å². The Hall–Kier alpha value is -2.80. The van der Waals surface area contributed by atoms with Gasteiger partial charge in [0.05, 0.1) is 11.4 Å². The number of phenols is 1. The molecule has 0 amide bonds. The van der Waals surface area contributed by atoms with Crippen molar-refractivity contribution in [2.45, 2.75) is 6.92 Å². The van der Waals surface area contributed by atoms with Gasteiger partial charge in [0.15, 0.2) is 0 Å². The molecule has 1 heterocycles. The Morgan fingerprint density at radius 1 is 1.15 bits per heavy atom. The molecule has 0 radical (unpaired) electrons. The van der Waals surface area contributed by atoms with E-state index in [1.54, 1.807) is 16.8 Å². The van der Waals surface area contributed by atoms with Crippen LogP contribution < -0.4 is 0 Å². The van der Waals surface area contributed by atoms with E-state index in [2.05, 4.69) is 11.2 Å². The quantitative estimate of drug-likeness (QED) is 0.733. The van der Waals surface area contributed by atoms with Crippen LogP contribution in [0, 0.1) is 18.3 Å². The molecule has 0 fully saturated rings. The molecule has 1 aromatic heterocycles. The average molecular weight is 263 g/mol. The summed E-state index contributed by atoms with van der Waals surface area (Å²) in [7, 11) is 1.84. The summed E-state index contributed by atoms with van der Waals surface area (Å²) >= 11 is 0. The zero-order valence-corrected chi connectivity index (χ0v) is 11.3. The number of hydrogen-bond acceptors (Lipinski definition) is 3. The van der Waals surface area contributed by atoms with Gasteiger partial charge in [-0.05, 0) is 35.9 Å². The van der Waals surface area contributed by atoms with Crippen LogP contribution in [-0.4, -0.2) is 14.9 Å². The molecule has 3 aromatic rings. The topological polar surface area (TPSA) is 61.8 Å². The molecule has 4 heteroatoms. The maximum Gasteiger partial charge on any atom is 0.116 e. The predicted molar refractivity (Wildman–Crippen MR) is 77.3 cm³/mol. The van der Waals surface area contributed by atoms with Crippen molar-refractivity contribution in [1.29, 1.82) is 5.26 Å². The van der Waals surface area contributed by atoms with Crippen LogP contribution in [0.15, 0.2) is 36.4 Å². The van der Waals surface area contributed by atoms with Crippen molar-refractivity contribution in [3.8, 4) is 23.1 Å². The number of hydrogen-bond donors (Lipinski definition) is 1. The van der Waals surface area contributed by atoms with Gasteiger partial charge in [0.1, 0.15) is 17.4 Å². The molecule has 0 bridgehead atoms. The molecule has 0 aliphatic heterocycles. The fourth-order valence-corrected chi connectivity index (χ4v) is 2.50. The molecule has 0 aliphatic carbocycles. The minimum Gasteiger partial charge on any atom is -0.508 e. The highest BCUT2D eigenvalue weighted by atomic mass is 16.3. The lowest BCUT2D eigenvalue weighted by molar-refractivity contribution is 0.476. The maximum absolute atomic E-state index is 9.49. The van der Waals surface area contributed by atoms with E-state index in [9.17, 15) is 10.4 Å². The first-order chi connectivity index (χ1) is 9.60. The van der Waals surface area contributed by atoms with Crippen LogP contribution >= 0.6 is 0 Å². The molecule has 0 spiro atoms. The smallest absolute Gasteiger partial charge is 0.116 e. The van der Waals surface area contributed by atoms with E-state index in [4.69, 9.17) is 0 Å². The molecule has 2 aromatic carbocycles. The monoisotopic (exact) mass is 263 g/mol. The molecule has 0 saturated heterocycles. The summed E-state index contributed by atoms with van der Waals surface area (Å²) in [5.74, 6) is 0.249. The Morgan fingerprint density at radius 2 is 1.85 bits per heavy atom. The third kappa shape index (κ3) is 1.81. The van der Waals surface area contributed by atoms with Gasteiger partial charge < -0.3 is 5.11 Å². The summed E-state index contributed by atoms with van der Waals surface area (Å²) in [6, 6.07) is 13.3. The van der Waals surface area contributed by atoms with Crippen molar-refractivity contribution in [1.82, 2.24) is 9.78 Å². The first-order valence-electron chi connectivity index (χ1n) is 6.27. The third-order valence-corrected chi connectivity index (χ3v) is 3.43. The molecular formula is C16H13N3O. The number of fused-ring (bicyclic) bond motifs is 1. The highest BCUT2D eigenvalue weighted by molar-refractivity contribution is 5.88. The third-order valence-electron chi connectivity index (χ3n) is 3.43. The number of benzene rings is 2. The van der Waals surface area contributed by atoms with E-state index >= 15 is 0 Å². The van der Waals surface area contributed by atoms with Crippen LogP contribution in [-0.2, 0) is 7.05 Å². The summed E-state index contributed by atoms with van der Waals surface area (Å²) in [4.78, 5) is 0. The second-order valence-corrected chi connectivity index (χ2v) is 4.79. The lowest BCUT2D eigenvalue weighted by Gasteiger charge is -2.05. The van der Waals surface area contributed by atoms with Crippen LogP contribution in [0.25, 0.3) is 22.0 Å². The molecular weight excluding hydrogens is 250 g/mol. The summed E-state index contributed by atoms with van der Waals surface area (Å²) in [5, 5.41) is 25.1. The molecule has 98 valence electrons. The average Bonchev–Trinajstić information content (AvgIpc) is 2.72. The van der Waals surface area contributed by atoms with Crippen LogP contribution in [0.4, 0.5) is 0 Å². The van der Waals surface area contributed by atoms with Crippen molar-refractivity contribution in [2.24, 2.45) is 7.05 Å². The highest BCUT2D eigenvalue weighted by Crippen LogP contribution is 2.29. The second kappa shape index (κ2) is 4.39. The molecule has 1 N–H and O–H groups in total. The first-order valence-corrected chi connectivity index (χ1v) is 6.27. The van der Waals surface area contributed by atoms with Crippen molar-refractivity contribution in [3.05, 3.63) is 47.7 Å². The Kier molecular flexibility index (Phi) is 2.69. The Labute approximate surface area is 116 Å². The summed E-state index contributed by atoms with van der Waals surface area (Å²) in [5.41, 5.74) is 3.10. The molecule has 4 nitrogen and oxygen atoms in total.